The lowest BCUT2D eigenvalue weighted by Gasteiger charge is -2.35. The van der Waals surface area contributed by atoms with Crippen molar-refractivity contribution in [1.29, 1.82) is 5.26 Å². The van der Waals surface area contributed by atoms with Crippen molar-refractivity contribution in [3.8, 4) is 6.07 Å². The van der Waals surface area contributed by atoms with E-state index in [1.165, 1.54) is 17.2 Å². The number of aryl methyl sites for hydroxylation is 3. The Bertz CT molecular complexity index is 1520. The van der Waals surface area contributed by atoms with Crippen LogP contribution >= 0.6 is 0 Å². The number of anilines is 2. The third-order valence-corrected chi connectivity index (χ3v) is 9.05. The first-order chi connectivity index (χ1) is 21.0. The predicted octanol–water partition coefficient (Wildman–Crippen LogP) is 7.68. The molecule has 0 bridgehead atoms. The lowest BCUT2D eigenvalue weighted by molar-refractivity contribution is -0.143. The van der Waals surface area contributed by atoms with Crippen LogP contribution in [0.2, 0.25) is 0 Å². The first-order valence-electron chi connectivity index (χ1n) is 15.5. The summed E-state index contributed by atoms with van der Waals surface area (Å²) < 4.78 is 46.8. The van der Waals surface area contributed by atoms with Crippen LogP contribution < -0.4 is 9.80 Å². The molecule has 234 valence electrons. The average molecular weight is 609 g/mol. The Balaban J connectivity index is 1.49. The second-order valence-corrected chi connectivity index (χ2v) is 12.2. The number of aromatic nitrogens is 1. The molecule has 5 rings (SSSR count). The summed E-state index contributed by atoms with van der Waals surface area (Å²) >= 11 is 0. The minimum absolute atomic E-state index is 0.0484. The molecule has 1 aromatic heterocycles. The van der Waals surface area contributed by atoms with Crippen LogP contribution in [0.25, 0.3) is 0 Å². The highest BCUT2D eigenvalue weighted by atomic mass is 19.4. The second-order valence-electron chi connectivity index (χ2n) is 12.2. The normalized spacial score (nSPS) is 18.4. The molecular formula is C34H39F3N4O3. The number of nitriles is 1. The molecule has 2 aromatic carbocycles. The molecule has 1 fully saturated rings. The fourth-order valence-electron chi connectivity index (χ4n) is 6.69. The SMILES string of the molecule is CCN(C[C@H]1CC[C@H](C(=O)O)CC1)c1cc2c(cc1CN(Cc1cc(C#N)cc(C(F)(F)F)c1)c1cc(C)no1)CCCC2. The smallest absolute Gasteiger partial charge is 0.416 e. The first-order valence-corrected chi connectivity index (χ1v) is 15.5. The molecule has 0 radical (unpaired) electrons. The van der Waals surface area contributed by atoms with Gasteiger partial charge < -0.3 is 19.4 Å². The summed E-state index contributed by atoms with van der Waals surface area (Å²) in [5.74, 6) is -0.149. The summed E-state index contributed by atoms with van der Waals surface area (Å²) in [6.07, 6.45) is 2.78. The Morgan fingerprint density at radius 1 is 1.02 bits per heavy atom. The Morgan fingerprint density at radius 2 is 1.73 bits per heavy atom. The van der Waals surface area contributed by atoms with Gasteiger partial charge in [0.15, 0.2) is 0 Å². The number of carboxylic acid groups (broad SMARTS) is 1. The molecule has 0 saturated heterocycles. The zero-order valence-electron chi connectivity index (χ0n) is 25.3. The van der Waals surface area contributed by atoms with Crippen LogP contribution in [0.1, 0.15) is 84.5 Å². The molecule has 7 nitrogen and oxygen atoms in total. The molecule has 1 N–H and O–H groups in total. The predicted molar refractivity (Wildman–Crippen MR) is 161 cm³/mol. The number of hydrogen-bond acceptors (Lipinski definition) is 6. The van der Waals surface area contributed by atoms with Gasteiger partial charge in [-0.25, -0.2) is 0 Å². The van der Waals surface area contributed by atoms with Crippen LogP contribution in [0.5, 0.6) is 0 Å². The van der Waals surface area contributed by atoms with Gasteiger partial charge >= 0.3 is 12.1 Å². The van der Waals surface area contributed by atoms with E-state index in [-0.39, 0.29) is 18.0 Å². The molecule has 44 heavy (non-hydrogen) atoms. The van der Waals surface area contributed by atoms with Crippen molar-refractivity contribution in [2.45, 2.75) is 84.5 Å². The highest BCUT2D eigenvalue weighted by Crippen LogP contribution is 2.36. The highest BCUT2D eigenvalue weighted by molar-refractivity contribution is 5.70. The summed E-state index contributed by atoms with van der Waals surface area (Å²) in [7, 11) is 0. The lowest BCUT2D eigenvalue weighted by Crippen LogP contribution is -2.34. The number of alkyl halides is 3. The van der Waals surface area contributed by atoms with E-state index < -0.39 is 17.7 Å². The van der Waals surface area contributed by atoms with E-state index in [4.69, 9.17) is 4.52 Å². The molecule has 1 saturated carbocycles. The zero-order chi connectivity index (χ0) is 31.4. The van der Waals surface area contributed by atoms with Crippen molar-refractivity contribution in [1.82, 2.24) is 5.16 Å². The van der Waals surface area contributed by atoms with Gasteiger partial charge in [0, 0.05) is 37.9 Å². The van der Waals surface area contributed by atoms with Crippen LogP contribution in [-0.2, 0) is 36.9 Å². The van der Waals surface area contributed by atoms with Gasteiger partial charge in [0.1, 0.15) is 0 Å². The number of carbonyl (C=O) groups is 1. The van der Waals surface area contributed by atoms with Crippen molar-refractivity contribution in [3.63, 3.8) is 0 Å². The van der Waals surface area contributed by atoms with Gasteiger partial charge in [-0.1, -0.05) is 11.2 Å². The molecule has 0 unspecified atom stereocenters. The topological polar surface area (TPSA) is 93.6 Å². The summed E-state index contributed by atoms with van der Waals surface area (Å²) in [6, 6.07) is 11.6. The number of halogens is 3. The fourth-order valence-corrected chi connectivity index (χ4v) is 6.69. The maximum atomic E-state index is 13.7. The van der Waals surface area contributed by atoms with Gasteiger partial charge in [0.2, 0.25) is 5.88 Å². The maximum Gasteiger partial charge on any atom is 0.416 e. The van der Waals surface area contributed by atoms with Gasteiger partial charge in [-0.05, 0) is 118 Å². The fraction of sp³-hybridized carbons (Fsp3) is 0.500. The van der Waals surface area contributed by atoms with Crippen molar-refractivity contribution in [3.05, 3.63) is 75.5 Å². The molecule has 0 amide bonds. The van der Waals surface area contributed by atoms with Crippen molar-refractivity contribution in [2.75, 3.05) is 22.9 Å². The summed E-state index contributed by atoms with van der Waals surface area (Å²) in [5.41, 5.74) is 4.88. The van der Waals surface area contributed by atoms with Crippen LogP contribution in [0, 0.1) is 30.1 Å². The minimum atomic E-state index is -4.58. The molecule has 0 atom stereocenters. The number of hydrogen-bond donors (Lipinski definition) is 1. The average Bonchev–Trinajstić information content (AvgIpc) is 3.45. The largest absolute Gasteiger partial charge is 0.481 e. The second kappa shape index (κ2) is 13.3. The molecule has 0 spiro atoms. The van der Waals surface area contributed by atoms with E-state index in [2.05, 4.69) is 29.1 Å². The van der Waals surface area contributed by atoms with Crippen LogP contribution in [0.15, 0.2) is 40.9 Å². The monoisotopic (exact) mass is 608 g/mol. The zero-order valence-corrected chi connectivity index (χ0v) is 25.3. The number of rotatable bonds is 10. The van der Waals surface area contributed by atoms with E-state index in [9.17, 15) is 28.3 Å². The van der Waals surface area contributed by atoms with Crippen molar-refractivity contribution < 1.29 is 27.6 Å². The van der Waals surface area contributed by atoms with E-state index in [1.807, 2.05) is 11.0 Å². The van der Waals surface area contributed by atoms with Gasteiger partial charge in [-0.3, -0.25) is 4.79 Å². The Morgan fingerprint density at radius 3 is 2.32 bits per heavy atom. The highest BCUT2D eigenvalue weighted by Gasteiger charge is 2.32. The van der Waals surface area contributed by atoms with E-state index in [0.29, 0.717) is 42.4 Å². The maximum absolute atomic E-state index is 13.7. The van der Waals surface area contributed by atoms with Gasteiger partial charge in [-0.2, -0.15) is 18.4 Å². The van der Waals surface area contributed by atoms with Crippen LogP contribution in [0.4, 0.5) is 24.7 Å². The third kappa shape index (κ3) is 7.37. The first kappa shape index (κ1) is 31.4. The van der Waals surface area contributed by atoms with E-state index in [0.717, 1.165) is 75.0 Å². The van der Waals surface area contributed by atoms with Crippen LogP contribution in [-0.4, -0.2) is 29.3 Å². The molecule has 2 aliphatic rings. The van der Waals surface area contributed by atoms with Crippen LogP contribution in [0.3, 0.4) is 0 Å². The molecule has 1 heterocycles. The van der Waals surface area contributed by atoms with Gasteiger partial charge in [0.25, 0.3) is 0 Å². The van der Waals surface area contributed by atoms with E-state index >= 15 is 0 Å². The van der Waals surface area contributed by atoms with Gasteiger partial charge in [0.05, 0.1) is 28.8 Å². The lowest BCUT2D eigenvalue weighted by atomic mass is 9.81. The Labute approximate surface area is 256 Å². The number of fused-ring (bicyclic) bond motifs is 1. The minimum Gasteiger partial charge on any atom is -0.481 e. The molecule has 10 heteroatoms. The summed E-state index contributed by atoms with van der Waals surface area (Å²) in [5, 5.41) is 23.0. The Hall–Kier alpha value is -4.00. The number of benzene rings is 2. The van der Waals surface area contributed by atoms with Crippen molar-refractivity contribution in [2.24, 2.45) is 11.8 Å². The quantitative estimate of drug-likeness (QED) is 0.252. The van der Waals surface area contributed by atoms with Gasteiger partial charge in [-0.15, -0.1) is 0 Å². The molecule has 3 aromatic rings. The summed E-state index contributed by atoms with van der Waals surface area (Å²) in [6.45, 7) is 5.97. The standard InChI is InChI=1S/C34H39F3N4O3/c1-3-40(19-23-8-10-26(11-9-23)33(42)43)31-17-28-7-5-4-6-27(28)16-29(31)21-41(32-12-22(2)39-44-32)20-25-13-24(18-38)14-30(15-25)34(35,36)37/h12-17,23,26H,3-11,19-21H2,1-2H3,(H,42,43)/t23-,26-. The number of carboxylic acids is 1. The number of aliphatic carboxylic acids is 1. The van der Waals surface area contributed by atoms with E-state index in [1.54, 1.807) is 13.0 Å². The third-order valence-electron chi connectivity index (χ3n) is 9.05. The molecule has 2 aliphatic carbocycles. The summed E-state index contributed by atoms with van der Waals surface area (Å²) in [4.78, 5) is 15.8. The molecular weight excluding hydrogens is 569 g/mol. The Kier molecular flexibility index (Phi) is 9.52. The number of nitrogens with zero attached hydrogens (tertiary/aromatic N) is 4. The van der Waals surface area contributed by atoms with Crippen molar-refractivity contribution >= 4 is 17.5 Å². The molecule has 0 aliphatic heterocycles.